The fourth-order valence-electron chi connectivity index (χ4n) is 3.88. The molecule has 2 atom stereocenters. The number of hydrogen-bond acceptors (Lipinski definition) is 3. The Morgan fingerprint density at radius 3 is 2.39 bits per heavy atom. The molecule has 2 aliphatic rings. The third-order valence-corrected chi connectivity index (χ3v) is 5.64. The molecule has 2 N–H and O–H groups in total. The molecular formula is C18H35N3O2. The standard InChI is InChI=1S/C18H35N3O2/c1-6-18(7-2)14(10-15(18)23-9-4)21-16(19-8-3)20-11-17(5)12-22-13-17/h14-15H,6-13H2,1-5H3,(H2,19,20,21). The molecule has 0 radical (unpaired) electrons. The second kappa shape index (κ2) is 7.84. The zero-order chi connectivity index (χ0) is 16.9. The summed E-state index contributed by atoms with van der Waals surface area (Å²) >= 11 is 0. The summed E-state index contributed by atoms with van der Waals surface area (Å²) in [5.74, 6) is 0.937. The molecule has 5 heteroatoms. The molecule has 23 heavy (non-hydrogen) atoms. The van der Waals surface area contributed by atoms with Crippen LogP contribution in [-0.2, 0) is 9.47 Å². The fourth-order valence-corrected chi connectivity index (χ4v) is 3.88. The van der Waals surface area contributed by atoms with E-state index in [1.165, 1.54) is 0 Å². The molecule has 2 unspecified atom stereocenters. The lowest BCUT2D eigenvalue weighted by atomic mass is 9.58. The third-order valence-electron chi connectivity index (χ3n) is 5.64. The zero-order valence-electron chi connectivity index (χ0n) is 15.6. The Balaban J connectivity index is 1.99. The van der Waals surface area contributed by atoms with Gasteiger partial charge in [-0.2, -0.15) is 0 Å². The third kappa shape index (κ3) is 3.82. The molecule has 1 aliphatic heterocycles. The Bertz CT molecular complexity index is 403. The number of rotatable bonds is 8. The van der Waals surface area contributed by atoms with Crippen molar-refractivity contribution in [1.29, 1.82) is 0 Å². The molecule has 134 valence electrons. The highest BCUT2D eigenvalue weighted by atomic mass is 16.5. The van der Waals surface area contributed by atoms with Crippen LogP contribution in [-0.4, -0.2) is 51.0 Å². The molecule has 1 aliphatic carbocycles. The van der Waals surface area contributed by atoms with Crippen LogP contribution in [0.3, 0.4) is 0 Å². The van der Waals surface area contributed by atoms with Crippen molar-refractivity contribution in [3.63, 3.8) is 0 Å². The molecule has 0 aromatic rings. The van der Waals surface area contributed by atoms with Crippen molar-refractivity contribution >= 4 is 5.96 Å². The maximum Gasteiger partial charge on any atom is 0.191 e. The molecule has 1 heterocycles. The van der Waals surface area contributed by atoms with Gasteiger partial charge >= 0.3 is 0 Å². The zero-order valence-corrected chi connectivity index (χ0v) is 15.6. The summed E-state index contributed by atoms with van der Waals surface area (Å²) in [5.41, 5.74) is 0.443. The Hall–Kier alpha value is -0.810. The van der Waals surface area contributed by atoms with Crippen LogP contribution in [0.25, 0.3) is 0 Å². The topological polar surface area (TPSA) is 54.9 Å². The van der Waals surface area contributed by atoms with Gasteiger partial charge in [0.2, 0.25) is 0 Å². The van der Waals surface area contributed by atoms with Gasteiger partial charge < -0.3 is 20.1 Å². The van der Waals surface area contributed by atoms with Gasteiger partial charge in [-0.15, -0.1) is 0 Å². The van der Waals surface area contributed by atoms with Crippen molar-refractivity contribution in [2.45, 2.75) is 66.0 Å². The van der Waals surface area contributed by atoms with E-state index in [4.69, 9.17) is 14.5 Å². The summed E-state index contributed by atoms with van der Waals surface area (Å²) in [5, 5.41) is 7.07. The lowest BCUT2D eigenvalue weighted by molar-refractivity contribution is -0.133. The smallest absolute Gasteiger partial charge is 0.191 e. The van der Waals surface area contributed by atoms with Crippen LogP contribution < -0.4 is 10.6 Å². The number of hydrogen-bond donors (Lipinski definition) is 2. The van der Waals surface area contributed by atoms with Crippen LogP contribution in [0.1, 0.15) is 53.9 Å². The highest BCUT2D eigenvalue weighted by Gasteiger charge is 2.53. The molecule has 1 saturated carbocycles. The predicted octanol–water partition coefficient (Wildman–Crippen LogP) is 2.56. The second-order valence-electron chi connectivity index (χ2n) is 7.32. The van der Waals surface area contributed by atoms with Gasteiger partial charge in [0.1, 0.15) is 0 Å². The van der Waals surface area contributed by atoms with Gasteiger partial charge in [-0.3, -0.25) is 4.99 Å². The minimum absolute atomic E-state index is 0.211. The summed E-state index contributed by atoms with van der Waals surface area (Å²) in [6.07, 6.45) is 3.72. The van der Waals surface area contributed by atoms with Gasteiger partial charge in [-0.05, 0) is 33.1 Å². The molecule has 0 amide bonds. The minimum Gasteiger partial charge on any atom is -0.380 e. The van der Waals surface area contributed by atoms with E-state index in [9.17, 15) is 0 Å². The Kier molecular flexibility index (Phi) is 6.32. The van der Waals surface area contributed by atoms with Gasteiger partial charge in [-0.25, -0.2) is 0 Å². The first kappa shape index (κ1) is 18.5. The van der Waals surface area contributed by atoms with E-state index in [-0.39, 0.29) is 10.8 Å². The van der Waals surface area contributed by atoms with E-state index < -0.39 is 0 Å². The maximum absolute atomic E-state index is 5.97. The second-order valence-corrected chi connectivity index (χ2v) is 7.32. The molecule has 2 fully saturated rings. The van der Waals surface area contributed by atoms with Crippen LogP contribution in [0, 0.1) is 10.8 Å². The molecule has 0 aromatic heterocycles. The number of aliphatic imine (C=N–C) groups is 1. The molecular weight excluding hydrogens is 290 g/mol. The van der Waals surface area contributed by atoms with Crippen molar-refractivity contribution < 1.29 is 9.47 Å². The molecule has 0 bridgehead atoms. The average molecular weight is 325 g/mol. The molecule has 5 nitrogen and oxygen atoms in total. The minimum atomic E-state index is 0.211. The van der Waals surface area contributed by atoms with E-state index in [1.54, 1.807) is 0 Å². The summed E-state index contributed by atoms with van der Waals surface area (Å²) in [4.78, 5) is 4.81. The summed E-state index contributed by atoms with van der Waals surface area (Å²) in [6, 6.07) is 0.442. The number of nitrogens with one attached hydrogen (secondary N) is 2. The summed E-state index contributed by atoms with van der Waals surface area (Å²) in [7, 11) is 0. The summed E-state index contributed by atoms with van der Waals surface area (Å²) in [6.45, 7) is 15.1. The van der Waals surface area contributed by atoms with Crippen molar-refractivity contribution in [2.24, 2.45) is 15.8 Å². The van der Waals surface area contributed by atoms with E-state index in [1.807, 2.05) is 0 Å². The van der Waals surface area contributed by atoms with Crippen LogP contribution in [0.5, 0.6) is 0 Å². The maximum atomic E-state index is 5.97. The van der Waals surface area contributed by atoms with Crippen molar-refractivity contribution in [1.82, 2.24) is 10.6 Å². The molecule has 0 spiro atoms. The van der Waals surface area contributed by atoms with Gasteiger partial charge in [0.25, 0.3) is 0 Å². The predicted molar refractivity (Wildman–Crippen MR) is 94.9 cm³/mol. The summed E-state index contributed by atoms with van der Waals surface area (Å²) < 4.78 is 11.3. The van der Waals surface area contributed by atoms with Gasteiger partial charge in [-0.1, -0.05) is 20.8 Å². The Labute approximate surface area is 141 Å². The number of guanidine groups is 1. The first-order valence-electron chi connectivity index (χ1n) is 9.27. The SMILES string of the molecule is CCNC(=NCC1(C)COC1)NC1CC(OCC)C1(CC)CC. The highest BCUT2D eigenvalue weighted by Crippen LogP contribution is 2.48. The van der Waals surface area contributed by atoms with E-state index in [0.29, 0.717) is 12.1 Å². The van der Waals surface area contributed by atoms with Gasteiger partial charge in [0.15, 0.2) is 5.96 Å². The lowest BCUT2D eigenvalue weighted by Crippen LogP contribution is -2.65. The quantitative estimate of drug-likeness (QED) is 0.532. The average Bonchev–Trinajstić information content (AvgIpc) is 2.51. The first-order valence-corrected chi connectivity index (χ1v) is 9.27. The number of nitrogens with zero attached hydrogens (tertiary/aromatic N) is 1. The molecule has 1 saturated heterocycles. The Morgan fingerprint density at radius 2 is 1.91 bits per heavy atom. The van der Waals surface area contributed by atoms with Crippen molar-refractivity contribution in [3.8, 4) is 0 Å². The van der Waals surface area contributed by atoms with Gasteiger partial charge in [0.05, 0.1) is 25.9 Å². The van der Waals surface area contributed by atoms with Gasteiger partial charge in [0, 0.05) is 30.0 Å². The highest BCUT2D eigenvalue weighted by molar-refractivity contribution is 5.80. The van der Waals surface area contributed by atoms with Crippen LogP contribution >= 0.6 is 0 Å². The van der Waals surface area contributed by atoms with Crippen LogP contribution in [0.2, 0.25) is 0 Å². The first-order chi connectivity index (χ1) is 11.0. The molecule has 2 rings (SSSR count). The largest absolute Gasteiger partial charge is 0.380 e. The monoisotopic (exact) mass is 325 g/mol. The Morgan fingerprint density at radius 1 is 1.22 bits per heavy atom. The van der Waals surface area contributed by atoms with Crippen molar-refractivity contribution in [3.05, 3.63) is 0 Å². The fraction of sp³-hybridized carbons (Fsp3) is 0.944. The molecule has 0 aromatic carbocycles. The van der Waals surface area contributed by atoms with E-state index in [2.05, 4.69) is 45.3 Å². The van der Waals surface area contributed by atoms with E-state index >= 15 is 0 Å². The van der Waals surface area contributed by atoms with Crippen LogP contribution in [0.15, 0.2) is 4.99 Å². The van der Waals surface area contributed by atoms with Crippen molar-refractivity contribution in [2.75, 3.05) is 32.9 Å². The lowest BCUT2D eigenvalue weighted by Gasteiger charge is -2.55. The van der Waals surface area contributed by atoms with Crippen LogP contribution in [0.4, 0.5) is 0 Å². The normalized spacial score (nSPS) is 28.7. The number of ether oxygens (including phenoxy) is 2. The van der Waals surface area contributed by atoms with E-state index in [0.717, 1.165) is 58.1 Å².